The minimum atomic E-state index is -0.409. The molecule has 0 saturated carbocycles. The molecule has 110 valence electrons. The molecule has 1 aromatic heterocycles. The van der Waals surface area contributed by atoms with E-state index in [1.165, 1.54) is 11.1 Å². The highest BCUT2D eigenvalue weighted by atomic mass is 16.3. The average molecular weight is 282 g/mol. The molecule has 21 heavy (non-hydrogen) atoms. The van der Waals surface area contributed by atoms with Crippen molar-refractivity contribution in [2.24, 2.45) is 0 Å². The molecule has 0 saturated heterocycles. The SMILES string of the molecule is CCC(O)c1cnc(N2CCc3ccccc3C2)cc1C. The molecule has 1 aromatic carbocycles. The molecule has 1 atom stereocenters. The van der Waals surface area contributed by atoms with E-state index in [1.807, 2.05) is 13.1 Å². The predicted octanol–water partition coefficient (Wildman–Crippen LogP) is 3.40. The summed E-state index contributed by atoms with van der Waals surface area (Å²) < 4.78 is 0. The van der Waals surface area contributed by atoms with Gasteiger partial charge in [-0.25, -0.2) is 4.98 Å². The van der Waals surface area contributed by atoms with E-state index in [0.717, 1.165) is 42.9 Å². The quantitative estimate of drug-likeness (QED) is 0.937. The van der Waals surface area contributed by atoms with Crippen molar-refractivity contribution in [2.75, 3.05) is 11.4 Å². The Bertz CT molecular complexity index is 639. The van der Waals surface area contributed by atoms with Crippen LogP contribution in [0.3, 0.4) is 0 Å². The van der Waals surface area contributed by atoms with Gasteiger partial charge in [-0.05, 0) is 42.5 Å². The van der Waals surface area contributed by atoms with Crippen LogP contribution in [0.4, 0.5) is 5.82 Å². The highest BCUT2D eigenvalue weighted by molar-refractivity contribution is 5.47. The fourth-order valence-electron chi connectivity index (χ4n) is 2.98. The van der Waals surface area contributed by atoms with Crippen LogP contribution in [0.15, 0.2) is 36.5 Å². The van der Waals surface area contributed by atoms with Crippen LogP contribution in [0.5, 0.6) is 0 Å². The van der Waals surface area contributed by atoms with Gasteiger partial charge < -0.3 is 10.0 Å². The third kappa shape index (κ3) is 2.79. The van der Waals surface area contributed by atoms with Crippen LogP contribution >= 0.6 is 0 Å². The van der Waals surface area contributed by atoms with Crippen LogP contribution in [-0.4, -0.2) is 16.6 Å². The predicted molar refractivity (Wildman–Crippen MR) is 85.4 cm³/mol. The van der Waals surface area contributed by atoms with E-state index < -0.39 is 6.10 Å². The van der Waals surface area contributed by atoms with Gasteiger partial charge in [0.1, 0.15) is 5.82 Å². The number of rotatable bonds is 3. The first-order valence-electron chi connectivity index (χ1n) is 7.65. The number of nitrogens with zero attached hydrogens (tertiary/aromatic N) is 2. The van der Waals surface area contributed by atoms with Gasteiger partial charge in [0, 0.05) is 24.8 Å². The second-order valence-electron chi connectivity index (χ2n) is 5.76. The number of anilines is 1. The molecule has 3 nitrogen and oxygen atoms in total. The van der Waals surface area contributed by atoms with E-state index in [2.05, 4.69) is 47.1 Å². The second kappa shape index (κ2) is 5.86. The van der Waals surface area contributed by atoms with Crippen molar-refractivity contribution in [3.8, 4) is 0 Å². The van der Waals surface area contributed by atoms with Gasteiger partial charge in [-0.15, -0.1) is 0 Å². The maximum absolute atomic E-state index is 9.99. The number of hydrogen-bond donors (Lipinski definition) is 1. The molecule has 2 aromatic rings. The minimum Gasteiger partial charge on any atom is -0.388 e. The lowest BCUT2D eigenvalue weighted by Crippen LogP contribution is -2.31. The standard InChI is InChI=1S/C18H22N2O/c1-3-17(21)16-11-19-18(10-13(16)2)20-9-8-14-6-4-5-7-15(14)12-20/h4-7,10-11,17,21H,3,8-9,12H2,1-2H3. The maximum atomic E-state index is 9.99. The van der Waals surface area contributed by atoms with Crippen molar-refractivity contribution in [3.63, 3.8) is 0 Å². The topological polar surface area (TPSA) is 36.4 Å². The lowest BCUT2D eigenvalue weighted by Gasteiger charge is -2.30. The van der Waals surface area contributed by atoms with Crippen molar-refractivity contribution >= 4 is 5.82 Å². The first kappa shape index (κ1) is 14.1. The number of aliphatic hydroxyl groups excluding tert-OH is 1. The van der Waals surface area contributed by atoms with Crippen molar-refractivity contribution in [1.82, 2.24) is 4.98 Å². The molecule has 2 heterocycles. The third-order valence-corrected chi connectivity index (χ3v) is 4.34. The second-order valence-corrected chi connectivity index (χ2v) is 5.76. The minimum absolute atomic E-state index is 0.409. The van der Waals surface area contributed by atoms with E-state index in [0.29, 0.717) is 0 Å². The number of aromatic nitrogens is 1. The lowest BCUT2D eigenvalue weighted by atomic mass is 9.99. The third-order valence-electron chi connectivity index (χ3n) is 4.34. The Morgan fingerprint density at radius 3 is 2.76 bits per heavy atom. The highest BCUT2D eigenvalue weighted by Gasteiger charge is 2.18. The summed E-state index contributed by atoms with van der Waals surface area (Å²) in [6.07, 6.45) is 3.21. The van der Waals surface area contributed by atoms with E-state index in [-0.39, 0.29) is 0 Å². The molecule has 1 aliphatic rings. The molecule has 0 aliphatic carbocycles. The van der Waals surface area contributed by atoms with Gasteiger partial charge >= 0.3 is 0 Å². The van der Waals surface area contributed by atoms with Crippen LogP contribution in [-0.2, 0) is 13.0 Å². The molecule has 0 fully saturated rings. The van der Waals surface area contributed by atoms with E-state index in [1.54, 1.807) is 0 Å². The molecule has 1 unspecified atom stereocenters. The number of benzene rings is 1. The Kier molecular flexibility index (Phi) is 3.93. The molecule has 1 N–H and O–H groups in total. The first-order chi connectivity index (χ1) is 10.2. The Hall–Kier alpha value is -1.87. The monoisotopic (exact) mass is 282 g/mol. The van der Waals surface area contributed by atoms with E-state index in [4.69, 9.17) is 0 Å². The Labute approximate surface area is 126 Å². The fraction of sp³-hybridized carbons (Fsp3) is 0.389. The van der Waals surface area contributed by atoms with Gasteiger partial charge in [0.25, 0.3) is 0 Å². The zero-order valence-corrected chi connectivity index (χ0v) is 12.7. The number of aryl methyl sites for hydroxylation is 1. The normalized spacial score (nSPS) is 15.7. The van der Waals surface area contributed by atoms with Crippen LogP contribution in [0, 0.1) is 6.92 Å². The first-order valence-corrected chi connectivity index (χ1v) is 7.65. The van der Waals surface area contributed by atoms with Crippen molar-refractivity contribution in [3.05, 3.63) is 58.8 Å². The fourth-order valence-corrected chi connectivity index (χ4v) is 2.98. The molecule has 1 aliphatic heterocycles. The average Bonchev–Trinajstić information content (AvgIpc) is 2.53. The molecule has 0 bridgehead atoms. The molecule has 0 amide bonds. The number of fused-ring (bicyclic) bond motifs is 1. The number of aliphatic hydroxyl groups is 1. The zero-order valence-electron chi connectivity index (χ0n) is 12.7. The van der Waals surface area contributed by atoms with Gasteiger partial charge in [0.2, 0.25) is 0 Å². The van der Waals surface area contributed by atoms with Crippen molar-refractivity contribution < 1.29 is 5.11 Å². The Balaban J connectivity index is 1.84. The Morgan fingerprint density at radius 2 is 2.05 bits per heavy atom. The molecular weight excluding hydrogens is 260 g/mol. The van der Waals surface area contributed by atoms with Crippen LogP contribution in [0.25, 0.3) is 0 Å². The summed E-state index contributed by atoms with van der Waals surface area (Å²) in [5.74, 6) is 1.01. The molecule has 3 rings (SSSR count). The van der Waals surface area contributed by atoms with E-state index in [9.17, 15) is 5.11 Å². The molecular formula is C18H22N2O. The molecule has 0 spiro atoms. The van der Waals surface area contributed by atoms with Gasteiger partial charge in [0.15, 0.2) is 0 Å². The van der Waals surface area contributed by atoms with Crippen LogP contribution in [0.2, 0.25) is 0 Å². The van der Waals surface area contributed by atoms with Crippen LogP contribution < -0.4 is 4.90 Å². The van der Waals surface area contributed by atoms with Crippen LogP contribution in [0.1, 0.15) is 41.7 Å². The van der Waals surface area contributed by atoms with Gasteiger partial charge in [0.05, 0.1) is 6.10 Å². The summed E-state index contributed by atoms with van der Waals surface area (Å²) in [6.45, 7) is 5.95. The molecule has 3 heteroatoms. The lowest BCUT2D eigenvalue weighted by molar-refractivity contribution is 0.172. The van der Waals surface area contributed by atoms with Gasteiger partial charge in [-0.3, -0.25) is 0 Å². The largest absolute Gasteiger partial charge is 0.388 e. The smallest absolute Gasteiger partial charge is 0.129 e. The summed E-state index contributed by atoms with van der Waals surface area (Å²) in [4.78, 5) is 6.89. The zero-order chi connectivity index (χ0) is 14.8. The highest BCUT2D eigenvalue weighted by Crippen LogP contribution is 2.26. The number of pyridine rings is 1. The summed E-state index contributed by atoms with van der Waals surface area (Å²) in [6, 6.07) is 10.7. The summed E-state index contributed by atoms with van der Waals surface area (Å²) in [7, 11) is 0. The summed E-state index contributed by atoms with van der Waals surface area (Å²) >= 11 is 0. The summed E-state index contributed by atoms with van der Waals surface area (Å²) in [5, 5.41) is 9.99. The summed E-state index contributed by atoms with van der Waals surface area (Å²) in [5.41, 5.74) is 4.90. The van der Waals surface area contributed by atoms with Gasteiger partial charge in [-0.1, -0.05) is 31.2 Å². The number of hydrogen-bond acceptors (Lipinski definition) is 3. The molecule has 0 radical (unpaired) electrons. The van der Waals surface area contributed by atoms with Gasteiger partial charge in [-0.2, -0.15) is 0 Å². The van der Waals surface area contributed by atoms with Crippen molar-refractivity contribution in [1.29, 1.82) is 0 Å². The Morgan fingerprint density at radius 1 is 1.29 bits per heavy atom. The van der Waals surface area contributed by atoms with Crippen molar-refractivity contribution in [2.45, 2.75) is 39.3 Å². The maximum Gasteiger partial charge on any atom is 0.129 e. The van der Waals surface area contributed by atoms with E-state index >= 15 is 0 Å².